The highest BCUT2D eigenvalue weighted by atomic mass is 16.5. The number of rotatable bonds is 4. The summed E-state index contributed by atoms with van der Waals surface area (Å²) in [4.78, 5) is 12.5. The number of carbonyl (C=O) groups excluding carboxylic acids is 1. The van der Waals surface area contributed by atoms with Crippen molar-refractivity contribution in [3.8, 4) is 17.1 Å². The number of fused-ring (bicyclic) bond motifs is 1. The van der Waals surface area contributed by atoms with Gasteiger partial charge >= 0.3 is 0 Å². The first-order valence-electron chi connectivity index (χ1n) is 8.22. The zero-order valence-corrected chi connectivity index (χ0v) is 13.8. The van der Waals surface area contributed by atoms with E-state index in [1.165, 1.54) is 0 Å². The molecule has 0 fully saturated rings. The van der Waals surface area contributed by atoms with Crippen LogP contribution in [0.1, 0.15) is 15.9 Å². The van der Waals surface area contributed by atoms with Gasteiger partial charge in [-0.05, 0) is 35.9 Å². The molecule has 4 aromatic rings. The number of aromatic nitrogens is 1. The number of hydrogen-bond acceptors (Lipinski definition) is 4. The van der Waals surface area contributed by atoms with Crippen LogP contribution in [0.15, 0.2) is 77.3 Å². The molecule has 0 aliphatic rings. The van der Waals surface area contributed by atoms with Gasteiger partial charge in [-0.25, -0.2) is 0 Å². The molecule has 0 spiro atoms. The molecule has 26 heavy (non-hydrogen) atoms. The number of benzene rings is 3. The molecule has 1 aromatic heterocycles. The maximum absolute atomic E-state index is 12.5. The van der Waals surface area contributed by atoms with E-state index in [-0.39, 0.29) is 11.7 Å². The summed E-state index contributed by atoms with van der Waals surface area (Å²) >= 11 is 0. The van der Waals surface area contributed by atoms with Crippen molar-refractivity contribution in [2.24, 2.45) is 0 Å². The molecule has 1 heterocycles. The van der Waals surface area contributed by atoms with Gasteiger partial charge < -0.3 is 14.9 Å². The van der Waals surface area contributed by atoms with Crippen molar-refractivity contribution in [2.45, 2.75) is 6.54 Å². The Hall–Kier alpha value is -3.60. The number of carbonyl (C=O) groups is 1. The van der Waals surface area contributed by atoms with Crippen LogP contribution in [0.4, 0.5) is 0 Å². The first-order chi connectivity index (χ1) is 12.7. The molecular weight excluding hydrogens is 328 g/mol. The van der Waals surface area contributed by atoms with Gasteiger partial charge in [0, 0.05) is 17.7 Å². The first-order valence-corrected chi connectivity index (χ1v) is 8.22. The molecule has 0 atom stereocenters. The molecule has 2 N–H and O–H groups in total. The van der Waals surface area contributed by atoms with Crippen molar-refractivity contribution < 1.29 is 14.4 Å². The number of phenolic OH excluding ortho intramolecular Hbond substituents is 1. The Bertz CT molecular complexity index is 1050. The molecule has 1 amide bonds. The van der Waals surface area contributed by atoms with Gasteiger partial charge in [-0.2, -0.15) is 0 Å². The highest BCUT2D eigenvalue weighted by molar-refractivity contribution is 6.00. The third-order valence-electron chi connectivity index (χ3n) is 4.16. The van der Waals surface area contributed by atoms with Crippen LogP contribution in [0.2, 0.25) is 0 Å². The maximum atomic E-state index is 12.5. The number of aromatic hydroxyl groups is 1. The molecule has 4 rings (SSSR count). The number of nitrogens with zero attached hydrogens (tertiary/aromatic N) is 1. The lowest BCUT2D eigenvalue weighted by molar-refractivity contribution is 0.0951. The topological polar surface area (TPSA) is 75.4 Å². The third kappa shape index (κ3) is 3.15. The van der Waals surface area contributed by atoms with E-state index in [9.17, 15) is 9.90 Å². The van der Waals surface area contributed by atoms with Crippen molar-refractivity contribution in [3.63, 3.8) is 0 Å². The van der Waals surface area contributed by atoms with E-state index in [2.05, 4.69) is 10.5 Å². The summed E-state index contributed by atoms with van der Waals surface area (Å²) in [5.41, 5.74) is 3.07. The van der Waals surface area contributed by atoms with E-state index < -0.39 is 0 Å². The lowest BCUT2D eigenvalue weighted by Crippen LogP contribution is -2.22. The fourth-order valence-electron chi connectivity index (χ4n) is 2.78. The Morgan fingerprint density at radius 2 is 1.77 bits per heavy atom. The van der Waals surface area contributed by atoms with Crippen molar-refractivity contribution >= 4 is 16.8 Å². The van der Waals surface area contributed by atoms with Crippen molar-refractivity contribution in [2.75, 3.05) is 0 Å². The molecule has 0 saturated heterocycles. The summed E-state index contributed by atoms with van der Waals surface area (Å²) in [6.07, 6.45) is 0. The zero-order valence-electron chi connectivity index (χ0n) is 13.8. The van der Waals surface area contributed by atoms with Crippen molar-refractivity contribution in [1.82, 2.24) is 10.5 Å². The van der Waals surface area contributed by atoms with E-state index in [0.29, 0.717) is 23.4 Å². The van der Waals surface area contributed by atoms with Crippen LogP contribution >= 0.6 is 0 Å². The lowest BCUT2D eigenvalue weighted by Gasteiger charge is -2.06. The van der Waals surface area contributed by atoms with Crippen molar-refractivity contribution in [1.29, 1.82) is 0 Å². The molecule has 5 heteroatoms. The molecule has 5 nitrogen and oxygen atoms in total. The summed E-state index contributed by atoms with van der Waals surface area (Å²) < 4.78 is 5.47. The number of hydrogen-bond donors (Lipinski definition) is 2. The number of amides is 1. The second-order valence-corrected chi connectivity index (χ2v) is 5.96. The third-order valence-corrected chi connectivity index (χ3v) is 4.16. The van der Waals surface area contributed by atoms with Gasteiger partial charge in [-0.15, -0.1) is 0 Å². The smallest absolute Gasteiger partial charge is 0.251 e. The lowest BCUT2D eigenvalue weighted by atomic mass is 10.1. The summed E-state index contributed by atoms with van der Waals surface area (Å²) in [6.45, 7) is 0.381. The van der Waals surface area contributed by atoms with Crippen LogP contribution in [0.5, 0.6) is 5.75 Å². The summed E-state index contributed by atoms with van der Waals surface area (Å²) in [7, 11) is 0. The molecule has 0 bridgehead atoms. The van der Waals surface area contributed by atoms with Gasteiger partial charge in [0.1, 0.15) is 11.3 Å². The standard InChI is InChI=1S/C21H16N2O3/c24-17-9-6-14(7-10-17)13-22-21(25)16-8-11-19-18(12-16)20(26-23-19)15-4-2-1-3-5-15/h1-12,24H,13H2,(H,22,25). The second-order valence-electron chi connectivity index (χ2n) is 5.96. The largest absolute Gasteiger partial charge is 0.508 e. The average molecular weight is 344 g/mol. The Balaban J connectivity index is 1.58. The van der Waals surface area contributed by atoms with Crippen LogP contribution < -0.4 is 5.32 Å². The van der Waals surface area contributed by atoms with E-state index >= 15 is 0 Å². The van der Waals surface area contributed by atoms with Gasteiger partial charge in [0.15, 0.2) is 5.76 Å². The van der Waals surface area contributed by atoms with Gasteiger partial charge in [0.2, 0.25) is 0 Å². The monoisotopic (exact) mass is 344 g/mol. The molecule has 0 radical (unpaired) electrons. The Morgan fingerprint density at radius 3 is 2.54 bits per heavy atom. The van der Waals surface area contributed by atoms with Crippen LogP contribution in [-0.4, -0.2) is 16.2 Å². The van der Waals surface area contributed by atoms with E-state index in [1.807, 2.05) is 30.3 Å². The molecule has 0 saturated carbocycles. The first kappa shape index (κ1) is 15.9. The summed E-state index contributed by atoms with van der Waals surface area (Å²) in [5.74, 6) is 0.667. The highest BCUT2D eigenvalue weighted by Gasteiger charge is 2.13. The van der Waals surface area contributed by atoms with E-state index in [1.54, 1.807) is 42.5 Å². The molecule has 0 aliphatic carbocycles. The summed E-state index contributed by atoms with van der Waals surface area (Å²) in [6, 6.07) is 21.7. The minimum Gasteiger partial charge on any atom is -0.508 e. The predicted molar refractivity (Wildman–Crippen MR) is 98.7 cm³/mol. The average Bonchev–Trinajstić information content (AvgIpc) is 3.11. The molecule has 0 aliphatic heterocycles. The second kappa shape index (κ2) is 6.72. The minimum atomic E-state index is -0.180. The Labute approximate surface area is 149 Å². The quantitative estimate of drug-likeness (QED) is 0.584. The molecular formula is C21H16N2O3. The van der Waals surface area contributed by atoms with E-state index in [0.717, 1.165) is 16.5 Å². The van der Waals surface area contributed by atoms with Crippen LogP contribution in [0.3, 0.4) is 0 Å². The van der Waals surface area contributed by atoms with Gasteiger partial charge in [0.25, 0.3) is 5.91 Å². The molecule has 3 aromatic carbocycles. The van der Waals surface area contributed by atoms with Gasteiger partial charge in [-0.1, -0.05) is 47.6 Å². The SMILES string of the molecule is O=C(NCc1ccc(O)cc1)c1ccc2noc(-c3ccccc3)c2c1. The Kier molecular flexibility index (Phi) is 4.11. The number of phenols is 1. The minimum absolute atomic E-state index is 0.180. The molecule has 0 unspecified atom stereocenters. The molecule has 128 valence electrons. The van der Waals surface area contributed by atoms with Crippen LogP contribution in [0, 0.1) is 0 Å². The Morgan fingerprint density at radius 1 is 1.00 bits per heavy atom. The fraction of sp³-hybridized carbons (Fsp3) is 0.0476. The van der Waals surface area contributed by atoms with Crippen LogP contribution in [0.25, 0.3) is 22.2 Å². The zero-order chi connectivity index (χ0) is 17.9. The van der Waals surface area contributed by atoms with Gasteiger partial charge in [-0.3, -0.25) is 4.79 Å². The normalized spacial score (nSPS) is 10.8. The maximum Gasteiger partial charge on any atom is 0.251 e. The van der Waals surface area contributed by atoms with E-state index in [4.69, 9.17) is 4.52 Å². The van der Waals surface area contributed by atoms with Crippen molar-refractivity contribution in [3.05, 3.63) is 83.9 Å². The highest BCUT2D eigenvalue weighted by Crippen LogP contribution is 2.29. The van der Waals surface area contributed by atoms with Crippen LogP contribution in [-0.2, 0) is 6.54 Å². The fourth-order valence-corrected chi connectivity index (χ4v) is 2.78. The number of nitrogens with one attached hydrogen (secondary N) is 1. The van der Waals surface area contributed by atoms with Gasteiger partial charge in [0.05, 0.1) is 5.39 Å². The predicted octanol–water partition coefficient (Wildman–Crippen LogP) is 4.13. The summed E-state index contributed by atoms with van der Waals surface area (Å²) in [5, 5.41) is 17.1.